The second-order valence-corrected chi connectivity index (χ2v) is 8.64. The van der Waals surface area contributed by atoms with E-state index in [0.29, 0.717) is 61.4 Å². The molecule has 0 aliphatic carbocycles. The van der Waals surface area contributed by atoms with Gasteiger partial charge >= 0.3 is 0 Å². The van der Waals surface area contributed by atoms with E-state index in [9.17, 15) is 19.0 Å². The van der Waals surface area contributed by atoms with Gasteiger partial charge in [0.2, 0.25) is 0 Å². The summed E-state index contributed by atoms with van der Waals surface area (Å²) < 4.78 is 33.6. The predicted octanol–water partition coefficient (Wildman–Crippen LogP) is 5.92. The first kappa shape index (κ1) is 24.6. The number of hydrogen-bond donors (Lipinski definition) is 2. The molecule has 0 saturated carbocycles. The summed E-state index contributed by atoms with van der Waals surface area (Å²) in [5.74, 6) is -1.86. The number of phenolic OH excluding ortho intramolecular Hbond substituents is 2. The van der Waals surface area contributed by atoms with Crippen LogP contribution in [0.4, 0.5) is 8.78 Å². The number of ether oxygens (including phenoxy) is 1. The number of phenols is 2. The molecule has 1 heterocycles. The van der Waals surface area contributed by atoms with E-state index in [1.807, 2.05) is 24.3 Å². The van der Waals surface area contributed by atoms with Gasteiger partial charge in [0.25, 0.3) is 0 Å². The van der Waals surface area contributed by atoms with Crippen molar-refractivity contribution in [2.45, 2.75) is 18.9 Å². The maximum absolute atomic E-state index is 14.3. The van der Waals surface area contributed by atoms with Crippen LogP contribution < -0.4 is 0 Å². The van der Waals surface area contributed by atoms with Crippen molar-refractivity contribution in [1.82, 2.24) is 4.90 Å². The van der Waals surface area contributed by atoms with E-state index in [0.717, 1.165) is 17.2 Å². The van der Waals surface area contributed by atoms with E-state index < -0.39 is 17.7 Å². The van der Waals surface area contributed by atoms with Crippen molar-refractivity contribution in [3.8, 4) is 22.6 Å². The Morgan fingerprint density at radius 1 is 0.857 bits per heavy atom. The van der Waals surface area contributed by atoms with Crippen molar-refractivity contribution in [1.29, 1.82) is 0 Å². The quantitative estimate of drug-likeness (QED) is 0.396. The topological polar surface area (TPSA) is 52.9 Å². The van der Waals surface area contributed by atoms with E-state index in [2.05, 4.69) is 18.1 Å². The maximum atomic E-state index is 14.3. The van der Waals surface area contributed by atoms with Crippen molar-refractivity contribution in [2.24, 2.45) is 0 Å². The first-order valence-electron chi connectivity index (χ1n) is 11.6. The SMILES string of the molecule is C=CCc1ccc(O)c(-c2cc(CC=C)cc(C(c3ccc(F)c(F)c3)N3CCOCC3)c2O)c1. The summed E-state index contributed by atoms with van der Waals surface area (Å²) in [5, 5.41) is 22.3. The number of rotatable bonds is 8. The summed E-state index contributed by atoms with van der Waals surface area (Å²) in [4.78, 5) is 2.08. The van der Waals surface area contributed by atoms with Crippen molar-refractivity contribution in [3.63, 3.8) is 0 Å². The lowest BCUT2D eigenvalue weighted by molar-refractivity contribution is 0.0235. The summed E-state index contributed by atoms with van der Waals surface area (Å²) in [6, 6.07) is 12.2. The molecule has 4 nitrogen and oxygen atoms in total. The van der Waals surface area contributed by atoms with Crippen LogP contribution in [-0.4, -0.2) is 41.4 Å². The monoisotopic (exact) mass is 477 g/mol. The van der Waals surface area contributed by atoms with Gasteiger partial charge in [0.05, 0.1) is 19.3 Å². The van der Waals surface area contributed by atoms with Crippen molar-refractivity contribution in [2.75, 3.05) is 26.3 Å². The molecule has 1 aliphatic rings. The molecule has 0 radical (unpaired) electrons. The van der Waals surface area contributed by atoms with Crippen LogP contribution in [0.5, 0.6) is 11.5 Å². The number of allylic oxidation sites excluding steroid dienone is 2. The van der Waals surface area contributed by atoms with Gasteiger partial charge in [0, 0.05) is 29.8 Å². The third-order valence-electron chi connectivity index (χ3n) is 6.28. The Kier molecular flexibility index (Phi) is 7.63. The van der Waals surface area contributed by atoms with Gasteiger partial charge < -0.3 is 14.9 Å². The Labute approximate surface area is 204 Å². The fourth-order valence-corrected chi connectivity index (χ4v) is 4.62. The lowest BCUT2D eigenvalue weighted by Crippen LogP contribution is -2.39. The van der Waals surface area contributed by atoms with Crippen LogP contribution in [0.2, 0.25) is 0 Å². The van der Waals surface area contributed by atoms with E-state index >= 15 is 0 Å². The van der Waals surface area contributed by atoms with Crippen LogP contribution in [0.1, 0.15) is 28.3 Å². The average Bonchev–Trinajstić information content (AvgIpc) is 2.85. The Morgan fingerprint density at radius 2 is 1.54 bits per heavy atom. The molecule has 0 bridgehead atoms. The largest absolute Gasteiger partial charge is 0.507 e. The minimum atomic E-state index is -0.947. The van der Waals surface area contributed by atoms with Crippen LogP contribution in [0.25, 0.3) is 11.1 Å². The Bertz CT molecular complexity index is 1230. The number of hydrogen-bond acceptors (Lipinski definition) is 4. The Hall–Kier alpha value is -3.48. The molecule has 1 fully saturated rings. The zero-order chi connectivity index (χ0) is 24.9. The Balaban J connectivity index is 1.94. The van der Waals surface area contributed by atoms with E-state index in [-0.39, 0.29) is 11.5 Å². The number of nitrogens with zero attached hydrogens (tertiary/aromatic N) is 1. The van der Waals surface area contributed by atoms with Gasteiger partial charge in [-0.15, -0.1) is 13.2 Å². The van der Waals surface area contributed by atoms with E-state index in [1.165, 1.54) is 6.07 Å². The highest BCUT2D eigenvalue weighted by Gasteiger charge is 2.29. The molecule has 1 saturated heterocycles. The molecule has 4 rings (SSSR count). The first-order chi connectivity index (χ1) is 16.9. The number of aromatic hydroxyl groups is 2. The molecule has 6 heteroatoms. The van der Waals surface area contributed by atoms with Crippen molar-refractivity contribution < 1.29 is 23.7 Å². The highest BCUT2D eigenvalue weighted by molar-refractivity contribution is 5.78. The summed E-state index contributed by atoms with van der Waals surface area (Å²) in [7, 11) is 0. The smallest absolute Gasteiger partial charge is 0.159 e. The number of morpholine rings is 1. The molecule has 35 heavy (non-hydrogen) atoms. The van der Waals surface area contributed by atoms with Gasteiger partial charge in [-0.05, 0) is 65.9 Å². The second kappa shape index (κ2) is 10.8. The first-order valence-corrected chi connectivity index (χ1v) is 11.6. The third-order valence-corrected chi connectivity index (χ3v) is 6.28. The standard InChI is InChI=1S/C29H29F2NO3/c1-3-5-19-7-10-27(33)22(15-19)23-16-20(6-4-2)17-24(29(23)34)28(32-11-13-35-14-12-32)21-8-9-25(30)26(31)18-21/h3-4,7-10,15-18,28,33-34H,1-2,5-6,11-14H2. The lowest BCUT2D eigenvalue weighted by atomic mass is 9.89. The molecule has 0 spiro atoms. The van der Waals surface area contributed by atoms with Crippen LogP contribution in [0.15, 0.2) is 73.8 Å². The lowest BCUT2D eigenvalue weighted by Gasteiger charge is -2.36. The van der Waals surface area contributed by atoms with E-state index in [4.69, 9.17) is 4.74 Å². The Morgan fingerprint density at radius 3 is 2.23 bits per heavy atom. The molecule has 1 aliphatic heterocycles. The fourth-order valence-electron chi connectivity index (χ4n) is 4.62. The highest BCUT2D eigenvalue weighted by Crippen LogP contribution is 2.44. The van der Waals surface area contributed by atoms with E-state index in [1.54, 1.807) is 24.3 Å². The molecular weight excluding hydrogens is 448 g/mol. The minimum absolute atomic E-state index is 0.0231. The van der Waals surface area contributed by atoms with Crippen LogP contribution >= 0.6 is 0 Å². The minimum Gasteiger partial charge on any atom is -0.507 e. The zero-order valence-electron chi connectivity index (χ0n) is 19.5. The molecule has 1 atom stereocenters. The zero-order valence-corrected chi connectivity index (χ0v) is 19.5. The molecule has 0 aromatic heterocycles. The molecule has 182 valence electrons. The van der Waals surface area contributed by atoms with Gasteiger partial charge in [0.15, 0.2) is 11.6 Å². The van der Waals surface area contributed by atoms with Gasteiger partial charge in [-0.1, -0.05) is 24.3 Å². The summed E-state index contributed by atoms with van der Waals surface area (Å²) >= 11 is 0. The molecule has 0 amide bonds. The molecule has 3 aromatic rings. The van der Waals surface area contributed by atoms with Gasteiger partial charge in [-0.25, -0.2) is 8.78 Å². The fraction of sp³-hybridized carbons (Fsp3) is 0.241. The average molecular weight is 478 g/mol. The highest BCUT2D eigenvalue weighted by atomic mass is 19.2. The second-order valence-electron chi connectivity index (χ2n) is 8.64. The summed E-state index contributed by atoms with van der Waals surface area (Å²) in [6.45, 7) is 9.72. The van der Waals surface area contributed by atoms with Crippen molar-refractivity contribution in [3.05, 3.63) is 108 Å². The molecule has 2 N–H and O–H groups in total. The van der Waals surface area contributed by atoms with Gasteiger partial charge in [-0.2, -0.15) is 0 Å². The normalized spacial score (nSPS) is 15.0. The maximum Gasteiger partial charge on any atom is 0.159 e. The van der Waals surface area contributed by atoms with Crippen LogP contribution in [-0.2, 0) is 17.6 Å². The van der Waals surface area contributed by atoms with Gasteiger partial charge in [-0.3, -0.25) is 4.90 Å². The summed E-state index contributed by atoms with van der Waals surface area (Å²) in [6.07, 6.45) is 4.67. The summed E-state index contributed by atoms with van der Waals surface area (Å²) in [5.41, 5.74) is 3.82. The molecule has 3 aromatic carbocycles. The number of halogens is 2. The van der Waals surface area contributed by atoms with Gasteiger partial charge in [0.1, 0.15) is 11.5 Å². The van der Waals surface area contributed by atoms with Crippen molar-refractivity contribution >= 4 is 0 Å². The third kappa shape index (κ3) is 5.29. The molecular formula is C29H29F2NO3. The van der Waals surface area contributed by atoms with Crippen LogP contribution in [0, 0.1) is 11.6 Å². The molecule has 1 unspecified atom stereocenters. The predicted molar refractivity (Wildman–Crippen MR) is 134 cm³/mol. The van der Waals surface area contributed by atoms with Crippen LogP contribution in [0.3, 0.4) is 0 Å². The number of benzene rings is 3.